The maximum absolute atomic E-state index is 13.6. The Balaban J connectivity index is 2.41. The standard InChI is InChI=1S/C12H15F2N/c1-12(6-5-8(15)7-12)9-3-2-4-10(13)11(9)14/h2-4,8H,5-7,15H2,1H3. The zero-order valence-electron chi connectivity index (χ0n) is 8.76. The van der Waals surface area contributed by atoms with E-state index in [1.807, 2.05) is 6.92 Å². The maximum Gasteiger partial charge on any atom is 0.162 e. The van der Waals surface area contributed by atoms with Gasteiger partial charge < -0.3 is 5.73 Å². The highest BCUT2D eigenvalue weighted by Gasteiger charge is 2.37. The average molecular weight is 211 g/mol. The van der Waals surface area contributed by atoms with Crippen LogP contribution in [0.3, 0.4) is 0 Å². The molecule has 1 nitrogen and oxygen atoms in total. The molecule has 3 heteroatoms. The molecule has 0 spiro atoms. The first-order valence-corrected chi connectivity index (χ1v) is 5.23. The van der Waals surface area contributed by atoms with Crippen LogP contribution in [0.1, 0.15) is 31.7 Å². The average Bonchev–Trinajstić information content (AvgIpc) is 2.52. The van der Waals surface area contributed by atoms with E-state index in [-0.39, 0.29) is 11.5 Å². The molecule has 15 heavy (non-hydrogen) atoms. The fourth-order valence-electron chi connectivity index (χ4n) is 2.50. The molecule has 2 unspecified atom stereocenters. The predicted octanol–water partition coefficient (Wildman–Crippen LogP) is 2.73. The summed E-state index contributed by atoms with van der Waals surface area (Å²) in [6, 6.07) is 4.48. The Kier molecular flexibility index (Phi) is 2.51. The fourth-order valence-corrected chi connectivity index (χ4v) is 2.50. The van der Waals surface area contributed by atoms with Gasteiger partial charge in [0.25, 0.3) is 0 Å². The molecule has 0 saturated heterocycles. The van der Waals surface area contributed by atoms with Gasteiger partial charge in [0.2, 0.25) is 0 Å². The summed E-state index contributed by atoms with van der Waals surface area (Å²) in [4.78, 5) is 0. The first-order chi connectivity index (χ1) is 7.03. The molecule has 0 aliphatic heterocycles. The molecular formula is C12H15F2N. The van der Waals surface area contributed by atoms with Crippen molar-refractivity contribution >= 4 is 0 Å². The maximum atomic E-state index is 13.6. The number of benzene rings is 1. The minimum absolute atomic E-state index is 0.109. The van der Waals surface area contributed by atoms with Gasteiger partial charge >= 0.3 is 0 Å². The van der Waals surface area contributed by atoms with E-state index >= 15 is 0 Å². The van der Waals surface area contributed by atoms with Gasteiger partial charge in [0, 0.05) is 6.04 Å². The summed E-state index contributed by atoms with van der Waals surface area (Å²) >= 11 is 0. The Morgan fingerprint density at radius 2 is 2.13 bits per heavy atom. The van der Waals surface area contributed by atoms with Gasteiger partial charge in [-0.2, -0.15) is 0 Å². The zero-order chi connectivity index (χ0) is 11.1. The first kappa shape index (κ1) is 10.6. The lowest BCUT2D eigenvalue weighted by Crippen LogP contribution is -2.24. The van der Waals surface area contributed by atoms with Crippen LogP contribution in [0.15, 0.2) is 18.2 Å². The van der Waals surface area contributed by atoms with Gasteiger partial charge in [-0.15, -0.1) is 0 Å². The lowest BCUT2D eigenvalue weighted by Gasteiger charge is -2.25. The lowest BCUT2D eigenvalue weighted by molar-refractivity contribution is 0.425. The molecule has 1 aliphatic carbocycles. The largest absolute Gasteiger partial charge is 0.328 e. The van der Waals surface area contributed by atoms with Gasteiger partial charge in [0.15, 0.2) is 11.6 Å². The Morgan fingerprint density at radius 1 is 1.40 bits per heavy atom. The Morgan fingerprint density at radius 3 is 2.73 bits per heavy atom. The normalized spacial score (nSPS) is 30.8. The minimum atomic E-state index is -0.769. The highest BCUT2D eigenvalue weighted by Crippen LogP contribution is 2.41. The smallest absolute Gasteiger partial charge is 0.162 e. The third kappa shape index (κ3) is 1.76. The molecule has 1 aromatic carbocycles. The van der Waals surface area contributed by atoms with Crippen LogP contribution in [0, 0.1) is 11.6 Å². The molecule has 82 valence electrons. The summed E-state index contributed by atoms with van der Waals surface area (Å²) in [5.74, 6) is -1.48. The minimum Gasteiger partial charge on any atom is -0.328 e. The van der Waals surface area contributed by atoms with Crippen LogP contribution in [-0.2, 0) is 5.41 Å². The van der Waals surface area contributed by atoms with Crippen molar-refractivity contribution in [2.45, 2.75) is 37.6 Å². The Hall–Kier alpha value is -0.960. The fraction of sp³-hybridized carbons (Fsp3) is 0.500. The number of halogens is 2. The molecular weight excluding hydrogens is 196 g/mol. The molecule has 2 atom stereocenters. The van der Waals surface area contributed by atoms with Crippen LogP contribution in [0.2, 0.25) is 0 Å². The first-order valence-electron chi connectivity index (χ1n) is 5.23. The zero-order valence-corrected chi connectivity index (χ0v) is 8.76. The van der Waals surface area contributed by atoms with Gasteiger partial charge in [0.05, 0.1) is 0 Å². The predicted molar refractivity (Wildman–Crippen MR) is 55.5 cm³/mol. The number of hydrogen-bond acceptors (Lipinski definition) is 1. The number of nitrogens with two attached hydrogens (primary N) is 1. The van der Waals surface area contributed by atoms with Crippen LogP contribution in [0.4, 0.5) is 8.78 Å². The molecule has 1 aliphatic rings. The van der Waals surface area contributed by atoms with E-state index in [1.165, 1.54) is 0 Å². The highest BCUT2D eigenvalue weighted by molar-refractivity contribution is 5.29. The SMILES string of the molecule is CC1(c2cccc(F)c2F)CCC(N)C1. The van der Waals surface area contributed by atoms with Crippen LogP contribution in [0.25, 0.3) is 0 Å². The second-order valence-corrected chi connectivity index (χ2v) is 4.66. The van der Waals surface area contributed by atoms with Crippen LogP contribution in [-0.4, -0.2) is 6.04 Å². The molecule has 0 bridgehead atoms. The van der Waals surface area contributed by atoms with Crippen molar-refractivity contribution in [3.63, 3.8) is 0 Å². The number of hydrogen-bond donors (Lipinski definition) is 1. The van der Waals surface area contributed by atoms with E-state index in [0.717, 1.165) is 25.3 Å². The highest BCUT2D eigenvalue weighted by atomic mass is 19.2. The van der Waals surface area contributed by atoms with Gasteiger partial charge in [-0.05, 0) is 36.3 Å². The van der Waals surface area contributed by atoms with Crippen molar-refractivity contribution in [2.75, 3.05) is 0 Å². The van der Waals surface area contributed by atoms with E-state index in [9.17, 15) is 8.78 Å². The summed E-state index contributed by atoms with van der Waals surface area (Å²) < 4.78 is 26.7. The molecule has 0 amide bonds. The van der Waals surface area contributed by atoms with Gasteiger partial charge in [0.1, 0.15) is 0 Å². The van der Waals surface area contributed by atoms with Crippen molar-refractivity contribution in [3.8, 4) is 0 Å². The van der Waals surface area contributed by atoms with Crippen molar-refractivity contribution < 1.29 is 8.78 Å². The summed E-state index contributed by atoms with van der Waals surface area (Å²) in [6.07, 6.45) is 2.44. The third-order valence-corrected chi connectivity index (χ3v) is 3.38. The van der Waals surface area contributed by atoms with Crippen molar-refractivity contribution in [2.24, 2.45) is 5.73 Å². The van der Waals surface area contributed by atoms with E-state index in [2.05, 4.69) is 0 Å². The van der Waals surface area contributed by atoms with Crippen LogP contribution < -0.4 is 5.73 Å². The van der Waals surface area contributed by atoms with Crippen molar-refractivity contribution in [3.05, 3.63) is 35.4 Å². The molecule has 0 aromatic heterocycles. The molecule has 1 saturated carbocycles. The quantitative estimate of drug-likeness (QED) is 0.759. The summed E-state index contributed by atoms with van der Waals surface area (Å²) in [5, 5.41) is 0. The van der Waals surface area contributed by atoms with Gasteiger partial charge in [-0.1, -0.05) is 19.1 Å². The van der Waals surface area contributed by atoms with E-state index in [4.69, 9.17) is 5.73 Å². The van der Waals surface area contributed by atoms with Crippen molar-refractivity contribution in [1.82, 2.24) is 0 Å². The Bertz CT molecular complexity index is 378. The summed E-state index contributed by atoms with van der Waals surface area (Å²) in [5.41, 5.74) is 5.99. The van der Waals surface area contributed by atoms with Crippen LogP contribution in [0.5, 0.6) is 0 Å². The Labute approximate surface area is 88.3 Å². The molecule has 0 heterocycles. The summed E-state index contributed by atoms with van der Waals surface area (Å²) in [7, 11) is 0. The van der Waals surface area contributed by atoms with E-state index < -0.39 is 11.6 Å². The molecule has 2 rings (SSSR count). The molecule has 1 aromatic rings. The molecule has 1 fully saturated rings. The second kappa shape index (κ2) is 3.56. The summed E-state index contributed by atoms with van der Waals surface area (Å²) in [6.45, 7) is 1.96. The molecule has 2 N–H and O–H groups in total. The molecule has 0 radical (unpaired) electrons. The van der Waals surface area contributed by atoms with Crippen molar-refractivity contribution in [1.29, 1.82) is 0 Å². The van der Waals surface area contributed by atoms with Gasteiger partial charge in [-0.3, -0.25) is 0 Å². The number of rotatable bonds is 1. The lowest BCUT2D eigenvalue weighted by atomic mass is 9.80. The van der Waals surface area contributed by atoms with Crippen LogP contribution >= 0.6 is 0 Å². The topological polar surface area (TPSA) is 26.0 Å². The van der Waals surface area contributed by atoms with Gasteiger partial charge in [-0.25, -0.2) is 8.78 Å². The third-order valence-electron chi connectivity index (χ3n) is 3.38. The second-order valence-electron chi connectivity index (χ2n) is 4.66. The van der Waals surface area contributed by atoms with E-state index in [0.29, 0.717) is 5.56 Å². The monoisotopic (exact) mass is 211 g/mol. The van der Waals surface area contributed by atoms with E-state index in [1.54, 1.807) is 12.1 Å².